The molecule has 1 aromatic rings. The Morgan fingerprint density at radius 1 is 1.42 bits per heavy atom. The summed E-state index contributed by atoms with van der Waals surface area (Å²) in [4.78, 5) is 11.6. The van der Waals surface area contributed by atoms with E-state index in [0.29, 0.717) is 29.4 Å². The van der Waals surface area contributed by atoms with Crippen molar-refractivity contribution in [2.24, 2.45) is 5.73 Å². The minimum absolute atomic E-state index is 0.219. The van der Waals surface area contributed by atoms with E-state index in [4.69, 9.17) is 17.3 Å². The standard InChI is InChI=1S/C11H16ClN3O3S/c1-19(17,18)15-8-4-5-9(12)10(7-8)14-11(16)3-2-6-13/h4-5,7,15H,2-3,6,13H2,1H3,(H,14,16). The van der Waals surface area contributed by atoms with E-state index >= 15 is 0 Å². The zero-order valence-electron chi connectivity index (χ0n) is 10.4. The van der Waals surface area contributed by atoms with Crippen LogP contribution >= 0.6 is 11.6 Å². The van der Waals surface area contributed by atoms with Gasteiger partial charge in [-0.3, -0.25) is 9.52 Å². The van der Waals surface area contributed by atoms with Gasteiger partial charge in [0.2, 0.25) is 15.9 Å². The van der Waals surface area contributed by atoms with E-state index in [9.17, 15) is 13.2 Å². The van der Waals surface area contributed by atoms with Gasteiger partial charge in [0, 0.05) is 6.42 Å². The van der Waals surface area contributed by atoms with E-state index in [1.807, 2.05) is 0 Å². The van der Waals surface area contributed by atoms with Gasteiger partial charge in [0.25, 0.3) is 0 Å². The molecule has 0 saturated heterocycles. The van der Waals surface area contributed by atoms with Gasteiger partial charge in [-0.15, -0.1) is 0 Å². The molecule has 1 aromatic carbocycles. The van der Waals surface area contributed by atoms with E-state index in [2.05, 4.69) is 10.0 Å². The minimum atomic E-state index is -3.37. The average Bonchev–Trinajstić information content (AvgIpc) is 2.29. The molecule has 0 aromatic heterocycles. The number of carbonyl (C=O) groups is 1. The molecule has 19 heavy (non-hydrogen) atoms. The number of nitrogens with one attached hydrogen (secondary N) is 2. The van der Waals surface area contributed by atoms with E-state index in [1.54, 1.807) is 0 Å². The van der Waals surface area contributed by atoms with Gasteiger partial charge in [-0.2, -0.15) is 0 Å². The zero-order chi connectivity index (χ0) is 14.5. The van der Waals surface area contributed by atoms with E-state index in [-0.39, 0.29) is 12.3 Å². The first-order chi connectivity index (χ1) is 8.81. The van der Waals surface area contributed by atoms with Crippen molar-refractivity contribution in [1.82, 2.24) is 0 Å². The number of hydrogen-bond acceptors (Lipinski definition) is 4. The molecule has 6 nitrogen and oxygen atoms in total. The van der Waals surface area contributed by atoms with Gasteiger partial charge in [0.05, 0.1) is 22.7 Å². The molecule has 0 unspecified atom stereocenters. The summed E-state index contributed by atoms with van der Waals surface area (Å²) in [7, 11) is -3.37. The molecular weight excluding hydrogens is 290 g/mol. The van der Waals surface area contributed by atoms with Crippen molar-refractivity contribution in [3.63, 3.8) is 0 Å². The number of sulfonamides is 1. The molecule has 4 N–H and O–H groups in total. The Morgan fingerprint density at radius 2 is 2.11 bits per heavy atom. The molecule has 0 aliphatic carbocycles. The van der Waals surface area contributed by atoms with Gasteiger partial charge in [-0.1, -0.05) is 11.6 Å². The largest absolute Gasteiger partial charge is 0.330 e. The van der Waals surface area contributed by atoms with Crippen LogP contribution in [0.2, 0.25) is 5.02 Å². The summed E-state index contributed by atoms with van der Waals surface area (Å²) in [5, 5.41) is 2.94. The Balaban J connectivity index is 2.83. The summed E-state index contributed by atoms with van der Waals surface area (Å²) < 4.78 is 24.5. The third-order valence-corrected chi connectivity index (χ3v) is 3.09. The first-order valence-corrected chi connectivity index (χ1v) is 7.86. The summed E-state index contributed by atoms with van der Waals surface area (Å²) in [6.07, 6.45) is 1.91. The van der Waals surface area contributed by atoms with Crippen LogP contribution in [0.3, 0.4) is 0 Å². The SMILES string of the molecule is CS(=O)(=O)Nc1ccc(Cl)c(NC(=O)CCCN)c1. The number of amides is 1. The smallest absolute Gasteiger partial charge is 0.229 e. The second-order valence-corrected chi connectivity index (χ2v) is 6.16. The fourth-order valence-corrected chi connectivity index (χ4v) is 2.09. The fourth-order valence-electron chi connectivity index (χ4n) is 1.37. The molecule has 0 radical (unpaired) electrons. The monoisotopic (exact) mass is 305 g/mol. The Kier molecular flexibility index (Phi) is 5.59. The number of nitrogens with two attached hydrogens (primary N) is 1. The predicted molar refractivity (Wildman–Crippen MR) is 76.8 cm³/mol. The van der Waals surface area contributed by atoms with Crippen molar-refractivity contribution in [2.45, 2.75) is 12.8 Å². The lowest BCUT2D eigenvalue weighted by Crippen LogP contribution is -2.14. The molecule has 1 amide bonds. The highest BCUT2D eigenvalue weighted by atomic mass is 35.5. The third kappa shape index (κ3) is 5.91. The molecule has 0 fully saturated rings. The lowest BCUT2D eigenvalue weighted by Gasteiger charge is -2.10. The van der Waals surface area contributed by atoms with E-state index in [0.717, 1.165) is 6.26 Å². The summed E-state index contributed by atoms with van der Waals surface area (Å²) in [6, 6.07) is 4.48. The van der Waals surface area contributed by atoms with Crippen molar-refractivity contribution in [3.8, 4) is 0 Å². The molecular formula is C11H16ClN3O3S. The minimum Gasteiger partial charge on any atom is -0.330 e. The second-order valence-electron chi connectivity index (χ2n) is 4.01. The number of rotatable bonds is 6. The Morgan fingerprint density at radius 3 is 2.68 bits per heavy atom. The van der Waals surface area contributed by atoms with Crippen LogP contribution in [0.1, 0.15) is 12.8 Å². The first-order valence-electron chi connectivity index (χ1n) is 5.59. The molecule has 0 atom stereocenters. The van der Waals surface area contributed by atoms with E-state index in [1.165, 1.54) is 18.2 Å². The van der Waals surface area contributed by atoms with Gasteiger partial charge >= 0.3 is 0 Å². The second kappa shape index (κ2) is 6.74. The number of carbonyl (C=O) groups excluding carboxylic acids is 1. The van der Waals surface area contributed by atoms with Gasteiger partial charge in [-0.25, -0.2) is 8.42 Å². The highest BCUT2D eigenvalue weighted by Gasteiger charge is 2.08. The summed E-state index contributed by atoms with van der Waals surface area (Å²) >= 11 is 5.93. The highest BCUT2D eigenvalue weighted by molar-refractivity contribution is 7.92. The summed E-state index contributed by atoms with van der Waals surface area (Å²) in [5.74, 6) is -0.219. The van der Waals surface area contributed by atoms with Crippen molar-refractivity contribution in [1.29, 1.82) is 0 Å². The van der Waals surface area contributed by atoms with E-state index < -0.39 is 10.0 Å². The Bertz CT molecular complexity index is 560. The molecule has 8 heteroatoms. The molecule has 0 saturated carbocycles. The molecule has 1 rings (SSSR count). The lowest BCUT2D eigenvalue weighted by atomic mass is 10.2. The molecule has 0 aliphatic heterocycles. The van der Waals surface area contributed by atoms with Crippen LogP contribution in [0.4, 0.5) is 11.4 Å². The van der Waals surface area contributed by atoms with Crippen molar-refractivity contribution in [3.05, 3.63) is 23.2 Å². The van der Waals surface area contributed by atoms with Crippen molar-refractivity contribution < 1.29 is 13.2 Å². The van der Waals surface area contributed by atoms with Crippen LogP contribution in [-0.2, 0) is 14.8 Å². The first kappa shape index (κ1) is 15.7. The highest BCUT2D eigenvalue weighted by Crippen LogP contribution is 2.26. The maximum absolute atomic E-state index is 11.6. The van der Waals surface area contributed by atoms with Crippen LogP contribution in [-0.4, -0.2) is 27.1 Å². The number of halogens is 1. The number of benzene rings is 1. The van der Waals surface area contributed by atoms with Gasteiger partial charge in [0.15, 0.2) is 0 Å². The number of anilines is 2. The Hall–Kier alpha value is -1.31. The topological polar surface area (TPSA) is 101 Å². The number of hydrogen-bond donors (Lipinski definition) is 3. The summed E-state index contributed by atoms with van der Waals surface area (Å²) in [6.45, 7) is 0.427. The zero-order valence-corrected chi connectivity index (χ0v) is 12.0. The third-order valence-electron chi connectivity index (χ3n) is 2.15. The molecule has 0 aliphatic rings. The van der Waals surface area contributed by atoms with Crippen LogP contribution in [0.25, 0.3) is 0 Å². The van der Waals surface area contributed by atoms with Gasteiger partial charge < -0.3 is 11.1 Å². The van der Waals surface area contributed by atoms with Crippen molar-refractivity contribution in [2.75, 3.05) is 22.8 Å². The van der Waals surface area contributed by atoms with Crippen LogP contribution in [0.15, 0.2) is 18.2 Å². The molecule has 106 valence electrons. The quantitative estimate of drug-likeness (QED) is 0.739. The maximum atomic E-state index is 11.6. The lowest BCUT2D eigenvalue weighted by molar-refractivity contribution is -0.116. The Labute approximate surface area is 117 Å². The molecule has 0 heterocycles. The van der Waals surface area contributed by atoms with Gasteiger partial charge in [-0.05, 0) is 31.2 Å². The van der Waals surface area contributed by atoms with Crippen LogP contribution in [0.5, 0.6) is 0 Å². The maximum Gasteiger partial charge on any atom is 0.229 e. The average molecular weight is 306 g/mol. The summed E-state index contributed by atoms with van der Waals surface area (Å²) in [5.41, 5.74) is 6.00. The fraction of sp³-hybridized carbons (Fsp3) is 0.364. The van der Waals surface area contributed by atoms with Crippen LogP contribution in [0, 0.1) is 0 Å². The van der Waals surface area contributed by atoms with Gasteiger partial charge in [0.1, 0.15) is 0 Å². The van der Waals surface area contributed by atoms with Crippen molar-refractivity contribution >= 4 is 38.9 Å². The van der Waals surface area contributed by atoms with Crippen LogP contribution < -0.4 is 15.8 Å². The predicted octanol–water partition coefficient (Wildman–Crippen LogP) is 1.39. The normalized spacial score (nSPS) is 11.1. The molecule has 0 bridgehead atoms. The molecule has 0 spiro atoms.